The van der Waals surface area contributed by atoms with E-state index in [1.807, 2.05) is 0 Å². The van der Waals surface area contributed by atoms with Gasteiger partial charge in [-0.05, 0) is 31.2 Å². The van der Waals surface area contributed by atoms with Gasteiger partial charge in [0.25, 0.3) is 0 Å². The van der Waals surface area contributed by atoms with Crippen molar-refractivity contribution in [2.75, 3.05) is 20.1 Å². The summed E-state index contributed by atoms with van der Waals surface area (Å²) in [6.07, 6.45) is 3.37. The molecule has 1 N–H and O–H groups in total. The number of hydrogen-bond acceptors (Lipinski definition) is 2. The van der Waals surface area contributed by atoms with Crippen LogP contribution in [-0.4, -0.2) is 36.2 Å². The van der Waals surface area contributed by atoms with Gasteiger partial charge in [-0.15, -0.1) is 0 Å². The fraction of sp³-hybridized carbons (Fsp3) is 1.00. The Hall–Kier alpha value is -0.0800. The molecule has 1 aliphatic carbocycles. The second-order valence-electron chi connectivity index (χ2n) is 6.02. The first-order chi connectivity index (χ1) is 6.38. The fourth-order valence-corrected chi connectivity index (χ4v) is 2.50. The van der Waals surface area contributed by atoms with E-state index in [-0.39, 0.29) is 6.10 Å². The van der Waals surface area contributed by atoms with Gasteiger partial charge in [0.05, 0.1) is 6.10 Å². The van der Waals surface area contributed by atoms with Crippen molar-refractivity contribution in [3.63, 3.8) is 0 Å². The first kappa shape index (κ1) is 12.0. The molecule has 0 saturated heterocycles. The van der Waals surface area contributed by atoms with E-state index in [1.165, 1.54) is 12.8 Å². The van der Waals surface area contributed by atoms with Gasteiger partial charge in [-0.2, -0.15) is 0 Å². The smallest absolute Gasteiger partial charge is 0.0580 e. The molecule has 2 nitrogen and oxygen atoms in total. The van der Waals surface area contributed by atoms with Crippen LogP contribution in [0.25, 0.3) is 0 Å². The van der Waals surface area contributed by atoms with Crippen molar-refractivity contribution in [1.29, 1.82) is 0 Å². The Morgan fingerprint density at radius 2 is 1.93 bits per heavy atom. The Labute approximate surface area is 88.3 Å². The van der Waals surface area contributed by atoms with Gasteiger partial charge in [-0.3, -0.25) is 0 Å². The molecule has 0 aromatic rings. The van der Waals surface area contributed by atoms with Crippen molar-refractivity contribution in [2.45, 2.75) is 46.1 Å². The molecule has 1 aliphatic rings. The highest BCUT2D eigenvalue weighted by molar-refractivity contribution is 4.79. The molecule has 2 unspecified atom stereocenters. The van der Waals surface area contributed by atoms with E-state index in [0.717, 1.165) is 19.5 Å². The van der Waals surface area contributed by atoms with Gasteiger partial charge in [0.15, 0.2) is 0 Å². The van der Waals surface area contributed by atoms with Gasteiger partial charge >= 0.3 is 0 Å². The predicted molar refractivity (Wildman–Crippen MR) is 60.3 cm³/mol. The van der Waals surface area contributed by atoms with Crippen molar-refractivity contribution in [3.05, 3.63) is 0 Å². The minimum atomic E-state index is -0.0441. The van der Waals surface area contributed by atoms with Crippen LogP contribution in [0.15, 0.2) is 0 Å². The zero-order valence-corrected chi connectivity index (χ0v) is 10.1. The number of hydrogen-bond donors (Lipinski definition) is 1. The molecular weight excluding hydrogens is 174 g/mol. The summed E-state index contributed by atoms with van der Waals surface area (Å²) in [5.74, 6) is 0.516. The lowest BCUT2D eigenvalue weighted by Crippen LogP contribution is -2.35. The molecule has 1 fully saturated rings. The largest absolute Gasteiger partial charge is 0.393 e. The quantitative estimate of drug-likeness (QED) is 0.752. The van der Waals surface area contributed by atoms with Crippen LogP contribution in [0.2, 0.25) is 0 Å². The number of aliphatic hydroxyl groups excluding tert-OH is 1. The van der Waals surface area contributed by atoms with Crippen molar-refractivity contribution in [2.24, 2.45) is 11.3 Å². The van der Waals surface area contributed by atoms with Crippen LogP contribution >= 0.6 is 0 Å². The average molecular weight is 199 g/mol. The summed E-state index contributed by atoms with van der Waals surface area (Å²) in [6.45, 7) is 8.94. The van der Waals surface area contributed by atoms with Gasteiger partial charge in [-0.1, -0.05) is 27.2 Å². The van der Waals surface area contributed by atoms with E-state index >= 15 is 0 Å². The molecule has 2 atom stereocenters. The predicted octanol–water partition coefficient (Wildman–Crippen LogP) is 2.13. The maximum absolute atomic E-state index is 9.71. The van der Waals surface area contributed by atoms with Crippen molar-refractivity contribution in [3.8, 4) is 0 Å². The number of rotatable bonds is 3. The maximum atomic E-state index is 9.71. The van der Waals surface area contributed by atoms with E-state index in [4.69, 9.17) is 0 Å². The zero-order valence-electron chi connectivity index (χ0n) is 10.1. The molecule has 0 aromatic heterocycles. The summed E-state index contributed by atoms with van der Waals surface area (Å²) >= 11 is 0. The lowest BCUT2D eigenvalue weighted by atomic mass is 9.95. The van der Waals surface area contributed by atoms with Crippen LogP contribution in [0, 0.1) is 11.3 Å². The molecular formula is C12H25NO. The molecule has 1 rings (SSSR count). The molecule has 0 radical (unpaired) electrons. The average Bonchev–Trinajstić information content (AvgIpc) is 2.32. The maximum Gasteiger partial charge on any atom is 0.0580 e. The highest BCUT2D eigenvalue weighted by Gasteiger charge is 2.27. The summed E-state index contributed by atoms with van der Waals surface area (Å²) in [5.41, 5.74) is 0.359. The number of nitrogens with zero attached hydrogens (tertiary/aromatic N) is 1. The lowest BCUT2D eigenvalue weighted by molar-refractivity contribution is 0.0991. The summed E-state index contributed by atoms with van der Waals surface area (Å²) in [4.78, 5) is 2.36. The topological polar surface area (TPSA) is 23.5 Å². The molecule has 0 heterocycles. The molecule has 1 saturated carbocycles. The molecule has 84 valence electrons. The first-order valence-electron chi connectivity index (χ1n) is 5.75. The van der Waals surface area contributed by atoms with E-state index in [1.54, 1.807) is 0 Å². The minimum Gasteiger partial charge on any atom is -0.393 e. The van der Waals surface area contributed by atoms with Crippen molar-refractivity contribution < 1.29 is 5.11 Å². The Kier molecular flexibility index (Phi) is 3.96. The van der Waals surface area contributed by atoms with Crippen LogP contribution in [0.4, 0.5) is 0 Å². The third kappa shape index (κ3) is 3.97. The third-order valence-electron chi connectivity index (χ3n) is 2.91. The van der Waals surface area contributed by atoms with Crippen LogP contribution < -0.4 is 0 Å². The second-order valence-corrected chi connectivity index (χ2v) is 6.02. The van der Waals surface area contributed by atoms with Crippen LogP contribution in [-0.2, 0) is 0 Å². The molecule has 0 aromatic carbocycles. The molecule has 0 spiro atoms. The number of aliphatic hydroxyl groups is 1. The summed E-state index contributed by atoms with van der Waals surface area (Å²) < 4.78 is 0. The Bertz CT molecular complexity index is 174. The summed E-state index contributed by atoms with van der Waals surface area (Å²) in [5, 5.41) is 9.71. The summed E-state index contributed by atoms with van der Waals surface area (Å²) in [6, 6.07) is 0. The molecule has 0 amide bonds. The minimum absolute atomic E-state index is 0.0441. The van der Waals surface area contributed by atoms with Crippen LogP contribution in [0.3, 0.4) is 0 Å². The molecule has 0 aliphatic heterocycles. The third-order valence-corrected chi connectivity index (χ3v) is 2.91. The van der Waals surface area contributed by atoms with Gasteiger partial charge in [0.2, 0.25) is 0 Å². The van der Waals surface area contributed by atoms with E-state index in [0.29, 0.717) is 11.3 Å². The molecule has 0 bridgehead atoms. The fourth-order valence-electron chi connectivity index (χ4n) is 2.50. The molecule has 2 heteroatoms. The summed E-state index contributed by atoms with van der Waals surface area (Å²) in [7, 11) is 2.16. The van der Waals surface area contributed by atoms with Crippen LogP contribution in [0.5, 0.6) is 0 Å². The van der Waals surface area contributed by atoms with E-state index in [9.17, 15) is 5.11 Å². The van der Waals surface area contributed by atoms with Gasteiger partial charge in [0.1, 0.15) is 0 Å². The Balaban J connectivity index is 2.29. The molecule has 14 heavy (non-hydrogen) atoms. The highest BCUT2D eigenvalue weighted by atomic mass is 16.3. The lowest BCUT2D eigenvalue weighted by Gasteiger charge is -2.29. The first-order valence-corrected chi connectivity index (χ1v) is 5.75. The van der Waals surface area contributed by atoms with Crippen LogP contribution in [0.1, 0.15) is 40.0 Å². The second kappa shape index (κ2) is 4.63. The van der Waals surface area contributed by atoms with Crippen molar-refractivity contribution >= 4 is 0 Å². The normalized spacial score (nSPS) is 28.7. The highest BCUT2D eigenvalue weighted by Crippen LogP contribution is 2.26. The van der Waals surface area contributed by atoms with Crippen molar-refractivity contribution in [1.82, 2.24) is 4.90 Å². The van der Waals surface area contributed by atoms with Gasteiger partial charge in [-0.25, -0.2) is 0 Å². The SMILES string of the molecule is CN(CC1CCCC1O)CC(C)(C)C. The zero-order chi connectivity index (χ0) is 10.8. The standard InChI is InChI=1S/C12H25NO/c1-12(2,3)9-13(4)8-10-6-5-7-11(10)14/h10-11,14H,5-9H2,1-4H3. The monoisotopic (exact) mass is 199 g/mol. The van der Waals surface area contributed by atoms with Gasteiger partial charge in [0, 0.05) is 13.1 Å². The Morgan fingerprint density at radius 3 is 2.36 bits per heavy atom. The van der Waals surface area contributed by atoms with E-state index < -0.39 is 0 Å². The van der Waals surface area contributed by atoms with Gasteiger partial charge < -0.3 is 10.0 Å². The Morgan fingerprint density at radius 1 is 1.29 bits per heavy atom. The van der Waals surface area contributed by atoms with E-state index in [2.05, 4.69) is 32.7 Å².